The molecule has 0 aliphatic rings. The lowest BCUT2D eigenvalue weighted by Crippen LogP contribution is -2.53. The van der Waals surface area contributed by atoms with Crippen molar-refractivity contribution in [2.24, 2.45) is 0 Å². The Bertz CT molecular complexity index is 1720. The number of rotatable bonds is 12. The first-order valence-corrected chi connectivity index (χ1v) is 16.0. The number of hydrogen-bond donors (Lipinski definition) is 1. The van der Waals surface area contributed by atoms with Crippen LogP contribution in [0.1, 0.15) is 11.1 Å². The summed E-state index contributed by atoms with van der Waals surface area (Å²) in [5.41, 5.74) is 1.46. The maximum atomic E-state index is 14.4. The van der Waals surface area contributed by atoms with Gasteiger partial charge in [-0.1, -0.05) is 89.4 Å². The molecule has 4 rings (SSSR count). The molecule has 0 aliphatic heterocycles. The Balaban J connectivity index is 1.82. The average molecular weight is 675 g/mol. The summed E-state index contributed by atoms with van der Waals surface area (Å²) in [6, 6.07) is 25.2. The molecule has 8 nitrogen and oxygen atoms in total. The summed E-state index contributed by atoms with van der Waals surface area (Å²) in [4.78, 5) is 29.0. The summed E-state index contributed by atoms with van der Waals surface area (Å²) in [5.74, 6) is -0.746. The third kappa shape index (κ3) is 7.84. The molecule has 4 aromatic rings. The fourth-order valence-electron chi connectivity index (χ4n) is 4.61. The molecule has 0 aliphatic carbocycles. The highest BCUT2D eigenvalue weighted by atomic mass is 35.5. The second kappa shape index (κ2) is 14.8. The number of halogens is 3. The van der Waals surface area contributed by atoms with Crippen molar-refractivity contribution in [2.45, 2.75) is 23.9 Å². The van der Waals surface area contributed by atoms with Gasteiger partial charge in [0, 0.05) is 30.1 Å². The van der Waals surface area contributed by atoms with Crippen molar-refractivity contribution >= 4 is 62.3 Å². The number of methoxy groups -OCH3 is 1. The van der Waals surface area contributed by atoms with E-state index in [9.17, 15) is 18.0 Å². The van der Waals surface area contributed by atoms with Crippen molar-refractivity contribution in [1.29, 1.82) is 0 Å². The molecule has 0 bridgehead atoms. The van der Waals surface area contributed by atoms with Crippen LogP contribution in [0, 0.1) is 0 Å². The number of nitrogens with zero attached hydrogens (tertiary/aromatic N) is 2. The molecule has 0 saturated heterocycles. The van der Waals surface area contributed by atoms with E-state index in [2.05, 4.69) is 5.32 Å². The number of nitrogens with one attached hydrogen (secondary N) is 1. The Morgan fingerprint density at radius 3 is 2.11 bits per heavy atom. The number of likely N-dealkylation sites (N-methyl/N-ethyl adjacent to an activating group) is 1. The Morgan fingerprint density at radius 2 is 1.52 bits per heavy atom. The first-order valence-electron chi connectivity index (χ1n) is 13.5. The highest BCUT2D eigenvalue weighted by Crippen LogP contribution is 2.32. The zero-order valence-corrected chi connectivity index (χ0v) is 27.0. The first-order chi connectivity index (χ1) is 21.0. The van der Waals surface area contributed by atoms with Gasteiger partial charge in [-0.15, -0.1) is 0 Å². The van der Waals surface area contributed by atoms with E-state index in [0.717, 1.165) is 9.87 Å². The second-order valence-electron chi connectivity index (χ2n) is 9.72. The zero-order chi connectivity index (χ0) is 31.9. The van der Waals surface area contributed by atoms with Crippen molar-refractivity contribution in [3.63, 3.8) is 0 Å². The molecule has 12 heteroatoms. The van der Waals surface area contributed by atoms with E-state index in [1.165, 1.54) is 49.4 Å². The monoisotopic (exact) mass is 673 g/mol. The van der Waals surface area contributed by atoms with Crippen LogP contribution < -0.4 is 14.4 Å². The number of hydrogen-bond acceptors (Lipinski definition) is 5. The minimum Gasteiger partial charge on any atom is -0.495 e. The number of anilines is 1. The summed E-state index contributed by atoms with van der Waals surface area (Å²) in [6.07, 6.45) is 0.164. The van der Waals surface area contributed by atoms with E-state index < -0.39 is 34.4 Å². The third-order valence-corrected chi connectivity index (χ3v) is 9.58. The Labute approximate surface area is 272 Å². The molecule has 0 unspecified atom stereocenters. The van der Waals surface area contributed by atoms with Crippen molar-refractivity contribution in [3.8, 4) is 5.75 Å². The van der Waals surface area contributed by atoms with Gasteiger partial charge in [-0.25, -0.2) is 8.42 Å². The average Bonchev–Trinajstić information content (AvgIpc) is 3.02. The molecule has 44 heavy (non-hydrogen) atoms. The first kappa shape index (κ1) is 33.1. The molecule has 4 aromatic carbocycles. The van der Waals surface area contributed by atoms with Gasteiger partial charge in [-0.05, 0) is 53.6 Å². The highest BCUT2D eigenvalue weighted by Gasteiger charge is 2.34. The van der Waals surface area contributed by atoms with E-state index in [1.54, 1.807) is 36.4 Å². The number of ether oxygens (including phenoxy) is 1. The number of benzene rings is 4. The lowest BCUT2D eigenvalue weighted by molar-refractivity contribution is -0.139. The van der Waals surface area contributed by atoms with Crippen LogP contribution in [0.5, 0.6) is 5.75 Å². The molecule has 230 valence electrons. The van der Waals surface area contributed by atoms with Crippen molar-refractivity contribution < 1.29 is 22.7 Å². The molecule has 0 spiro atoms. The predicted octanol–water partition coefficient (Wildman–Crippen LogP) is 6.24. The maximum absolute atomic E-state index is 14.4. The van der Waals surface area contributed by atoms with Gasteiger partial charge >= 0.3 is 0 Å². The largest absolute Gasteiger partial charge is 0.495 e. The molecule has 0 radical (unpaired) electrons. The maximum Gasteiger partial charge on any atom is 0.264 e. The zero-order valence-electron chi connectivity index (χ0n) is 23.9. The quantitative estimate of drug-likeness (QED) is 0.192. The van der Waals surface area contributed by atoms with Gasteiger partial charge in [0.2, 0.25) is 11.8 Å². The predicted molar refractivity (Wildman–Crippen MR) is 174 cm³/mol. The fourth-order valence-corrected chi connectivity index (χ4v) is 6.76. The van der Waals surface area contributed by atoms with Crippen LogP contribution in [0.2, 0.25) is 15.1 Å². The normalized spacial score (nSPS) is 11.8. The summed E-state index contributed by atoms with van der Waals surface area (Å²) in [5, 5.41) is 3.49. The molecule has 0 aromatic heterocycles. The molecule has 1 atom stereocenters. The van der Waals surface area contributed by atoms with E-state index in [1.807, 2.05) is 30.3 Å². The smallest absolute Gasteiger partial charge is 0.264 e. The topological polar surface area (TPSA) is 96.0 Å². The summed E-state index contributed by atoms with van der Waals surface area (Å²) < 4.78 is 34.3. The van der Waals surface area contributed by atoms with Gasteiger partial charge in [0.05, 0.1) is 22.7 Å². The van der Waals surface area contributed by atoms with Crippen LogP contribution in [0.3, 0.4) is 0 Å². The molecule has 0 fully saturated rings. The molecular formula is C32H30Cl3N3O5S. The van der Waals surface area contributed by atoms with Crippen LogP contribution in [0.4, 0.5) is 5.69 Å². The van der Waals surface area contributed by atoms with E-state index >= 15 is 0 Å². The number of carbonyl (C=O) groups is 2. The van der Waals surface area contributed by atoms with Gasteiger partial charge in [0.1, 0.15) is 18.3 Å². The number of sulfonamides is 1. The van der Waals surface area contributed by atoms with E-state index in [0.29, 0.717) is 21.4 Å². The fraction of sp³-hybridized carbons (Fsp3) is 0.188. The minimum atomic E-state index is -4.27. The highest BCUT2D eigenvalue weighted by molar-refractivity contribution is 7.92. The lowest BCUT2D eigenvalue weighted by atomic mass is 10.0. The second-order valence-corrected chi connectivity index (χ2v) is 12.8. The molecule has 0 saturated carbocycles. The van der Waals surface area contributed by atoms with Gasteiger partial charge in [0.15, 0.2) is 0 Å². The standard InChI is InChI=1S/C32H30Cl3N3O5S/c1-36-32(40)29(17-22-9-5-3-6-10-22)37(20-23-13-14-24(33)18-27(23)34)31(39)21-38(25-15-16-30(43-2)28(35)19-25)44(41,42)26-11-7-4-8-12-26/h3-16,18-19,29H,17,20-21H2,1-2H3,(H,36,40)/t29-/m1/s1. The molecule has 2 amide bonds. The Hall–Kier alpha value is -3.76. The van der Waals surface area contributed by atoms with E-state index in [4.69, 9.17) is 39.5 Å². The number of carbonyl (C=O) groups excluding carboxylic acids is 2. The Kier molecular flexibility index (Phi) is 11.2. The molecule has 0 heterocycles. The minimum absolute atomic E-state index is 0.0285. The van der Waals surface area contributed by atoms with Gasteiger partial charge in [0.25, 0.3) is 10.0 Å². The van der Waals surface area contributed by atoms with Crippen LogP contribution in [-0.4, -0.2) is 51.9 Å². The lowest BCUT2D eigenvalue weighted by Gasteiger charge is -2.34. The summed E-state index contributed by atoms with van der Waals surface area (Å²) in [6.45, 7) is -0.740. The molecular weight excluding hydrogens is 645 g/mol. The van der Waals surface area contributed by atoms with Crippen molar-refractivity contribution in [3.05, 3.63) is 123 Å². The van der Waals surface area contributed by atoms with Gasteiger partial charge < -0.3 is 15.0 Å². The SMILES string of the molecule is CNC(=O)[C@@H](Cc1ccccc1)N(Cc1ccc(Cl)cc1Cl)C(=O)CN(c1ccc(OC)c(Cl)c1)S(=O)(=O)c1ccccc1. The van der Waals surface area contributed by atoms with E-state index in [-0.39, 0.29) is 28.6 Å². The van der Waals surface area contributed by atoms with Crippen LogP contribution >= 0.6 is 34.8 Å². The van der Waals surface area contributed by atoms with Crippen LogP contribution in [0.15, 0.2) is 102 Å². The van der Waals surface area contributed by atoms with Crippen LogP contribution in [0.25, 0.3) is 0 Å². The third-order valence-electron chi connectivity index (χ3n) is 6.91. The van der Waals surface area contributed by atoms with Crippen molar-refractivity contribution in [1.82, 2.24) is 10.2 Å². The van der Waals surface area contributed by atoms with Crippen LogP contribution in [-0.2, 0) is 32.6 Å². The molecule has 1 N–H and O–H groups in total. The van der Waals surface area contributed by atoms with Gasteiger partial charge in [-0.3, -0.25) is 13.9 Å². The Morgan fingerprint density at radius 1 is 0.864 bits per heavy atom. The van der Waals surface area contributed by atoms with Crippen molar-refractivity contribution in [2.75, 3.05) is 25.0 Å². The number of amides is 2. The van der Waals surface area contributed by atoms with Gasteiger partial charge in [-0.2, -0.15) is 0 Å². The summed E-state index contributed by atoms with van der Waals surface area (Å²) in [7, 11) is -1.36. The summed E-state index contributed by atoms with van der Waals surface area (Å²) >= 11 is 19.0.